The van der Waals surface area contributed by atoms with Gasteiger partial charge in [-0.25, -0.2) is 0 Å². The van der Waals surface area contributed by atoms with Crippen LogP contribution in [0.15, 0.2) is 0 Å². The molecule has 2 aliphatic heterocycles. The predicted octanol–water partition coefficient (Wildman–Crippen LogP) is 1.77. The first-order chi connectivity index (χ1) is 9.03. The molecule has 3 atom stereocenters. The molecule has 0 bridgehead atoms. The van der Waals surface area contributed by atoms with E-state index in [1.165, 1.54) is 12.8 Å². The van der Waals surface area contributed by atoms with E-state index in [4.69, 9.17) is 15.2 Å². The van der Waals surface area contributed by atoms with Crippen LogP contribution in [0.5, 0.6) is 0 Å². The SMILES string of the molecule is CCC1(C)CC(CN)(N(C)CC2CCCO2)CCO1. The minimum atomic E-state index is -0.0254. The fraction of sp³-hybridized carbons (Fsp3) is 1.00. The fourth-order valence-electron chi connectivity index (χ4n) is 3.49. The molecule has 2 heterocycles. The maximum absolute atomic E-state index is 6.15. The van der Waals surface area contributed by atoms with E-state index in [1.807, 2.05) is 0 Å². The smallest absolute Gasteiger partial charge is 0.0702 e. The molecule has 2 N–H and O–H groups in total. The monoisotopic (exact) mass is 270 g/mol. The molecule has 0 aliphatic carbocycles. The fourth-order valence-corrected chi connectivity index (χ4v) is 3.49. The number of hydrogen-bond acceptors (Lipinski definition) is 4. The van der Waals surface area contributed by atoms with Crippen molar-refractivity contribution >= 4 is 0 Å². The van der Waals surface area contributed by atoms with E-state index >= 15 is 0 Å². The largest absolute Gasteiger partial charge is 0.377 e. The van der Waals surface area contributed by atoms with Gasteiger partial charge in [0.1, 0.15) is 0 Å². The van der Waals surface area contributed by atoms with Crippen LogP contribution >= 0.6 is 0 Å². The molecule has 2 saturated heterocycles. The van der Waals surface area contributed by atoms with Gasteiger partial charge in [-0.2, -0.15) is 0 Å². The van der Waals surface area contributed by atoms with Gasteiger partial charge >= 0.3 is 0 Å². The van der Waals surface area contributed by atoms with Gasteiger partial charge in [0, 0.05) is 31.8 Å². The zero-order chi connectivity index (χ0) is 13.9. The van der Waals surface area contributed by atoms with Crippen LogP contribution in [0.2, 0.25) is 0 Å². The predicted molar refractivity (Wildman–Crippen MR) is 77.3 cm³/mol. The number of nitrogens with two attached hydrogens (primary N) is 1. The van der Waals surface area contributed by atoms with Gasteiger partial charge in [-0.1, -0.05) is 6.92 Å². The quantitative estimate of drug-likeness (QED) is 0.827. The first-order valence-corrected chi connectivity index (χ1v) is 7.70. The molecular weight excluding hydrogens is 240 g/mol. The van der Waals surface area contributed by atoms with Crippen molar-refractivity contribution in [1.82, 2.24) is 4.90 Å². The summed E-state index contributed by atoms with van der Waals surface area (Å²) in [6.07, 6.45) is 5.88. The highest BCUT2D eigenvalue weighted by molar-refractivity contribution is 5.00. The summed E-state index contributed by atoms with van der Waals surface area (Å²) in [4.78, 5) is 2.44. The van der Waals surface area contributed by atoms with Gasteiger partial charge in [-0.15, -0.1) is 0 Å². The Morgan fingerprint density at radius 2 is 2.16 bits per heavy atom. The molecule has 3 unspecified atom stereocenters. The van der Waals surface area contributed by atoms with Crippen LogP contribution in [0.3, 0.4) is 0 Å². The summed E-state index contributed by atoms with van der Waals surface area (Å²) in [5, 5.41) is 0. The van der Waals surface area contributed by atoms with Crippen molar-refractivity contribution in [3.63, 3.8) is 0 Å². The number of rotatable bonds is 5. The zero-order valence-electron chi connectivity index (χ0n) is 12.8. The molecule has 4 heteroatoms. The molecule has 0 radical (unpaired) electrons. The Kier molecular flexibility index (Phi) is 4.88. The minimum Gasteiger partial charge on any atom is -0.377 e. The molecule has 19 heavy (non-hydrogen) atoms. The Morgan fingerprint density at radius 3 is 2.74 bits per heavy atom. The van der Waals surface area contributed by atoms with Crippen molar-refractivity contribution in [2.75, 3.05) is 33.4 Å². The van der Waals surface area contributed by atoms with Crippen molar-refractivity contribution in [2.24, 2.45) is 5.73 Å². The molecule has 2 aliphatic rings. The van der Waals surface area contributed by atoms with Gasteiger partial charge in [0.2, 0.25) is 0 Å². The lowest BCUT2D eigenvalue weighted by Crippen LogP contribution is -2.61. The molecule has 0 saturated carbocycles. The van der Waals surface area contributed by atoms with Crippen molar-refractivity contribution in [3.8, 4) is 0 Å². The lowest BCUT2D eigenvalue weighted by Gasteiger charge is -2.50. The first kappa shape index (κ1) is 15.2. The third kappa shape index (κ3) is 3.30. The normalized spacial score (nSPS) is 39.9. The molecule has 0 aromatic heterocycles. The molecule has 0 aromatic rings. The van der Waals surface area contributed by atoms with Crippen LogP contribution in [-0.2, 0) is 9.47 Å². The molecule has 0 aromatic carbocycles. The summed E-state index contributed by atoms with van der Waals surface area (Å²) < 4.78 is 11.7. The first-order valence-electron chi connectivity index (χ1n) is 7.70. The summed E-state index contributed by atoms with van der Waals surface area (Å²) in [6.45, 7) is 7.86. The van der Waals surface area contributed by atoms with Crippen molar-refractivity contribution in [3.05, 3.63) is 0 Å². The molecule has 112 valence electrons. The van der Waals surface area contributed by atoms with Crippen LogP contribution < -0.4 is 5.73 Å². The Morgan fingerprint density at radius 1 is 1.37 bits per heavy atom. The summed E-state index contributed by atoms with van der Waals surface area (Å²) in [5.74, 6) is 0. The summed E-state index contributed by atoms with van der Waals surface area (Å²) in [7, 11) is 2.20. The number of ether oxygens (including phenoxy) is 2. The van der Waals surface area contributed by atoms with Crippen LogP contribution in [0.25, 0.3) is 0 Å². The van der Waals surface area contributed by atoms with Gasteiger partial charge in [0.15, 0.2) is 0 Å². The van der Waals surface area contributed by atoms with Crippen molar-refractivity contribution in [2.45, 2.75) is 63.2 Å². The Hall–Kier alpha value is -0.160. The second-order valence-electron chi connectivity index (χ2n) is 6.52. The average Bonchev–Trinajstić information content (AvgIpc) is 2.91. The summed E-state index contributed by atoms with van der Waals surface area (Å²) >= 11 is 0. The topological polar surface area (TPSA) is 47.7 Å². The molecule has 4 nitrogen and oxygen atoms in total. The average molecular weight is 270 g/mol. The Bertz CT molecular complexity index is 294. The van der Waals surface area contributed by atoms with E-state index < -0.39 is 0 Å². The molecule has 0 amide bonds. The van der Waals surface area contributed by atoms with E-state index in [-0.39, 0.29) is 11.1 Å². The molecule has 2 fully saturated rings. The van der Waals surface area contributed by atoms with E-state index in [0.717, 1.165) is 39.0 Å². The van der Waals surface area contributed by atoms with Crippen molar-refractivity contribution < 1.29 is 9.47 Å². The maximum Gasteiger partial charge on any atom is 0.0702 e. The van der Waals surface area contributed by atoms with E-state index in [9.17, 15) is 0 Å². The van der Waals surface area contributed by atoms with Crippen LogP contribution in [-0.4, -0.2) is 55.5 Å². The number of nitrogens with zero attached hydrogens (tertiary/aromatic N) is 1. The highest BCUT2D eigenvalue weighted by Gasteiger charge is 2.44. The van der Waals surface area contributed by atoms with Gasteiger partial charge in [0.25, 0.3) is 0 Å². The van der Waals surface area contributed by atoms with Gasteiger partial charge in [-0.05, 0) is 46.1 Å². The Labute approximate surface area is 117 Å². The summed E-state index contributed by atoms with van der Waals surface area (Å²) in [5.41, 5.74) is 6.20. The van der Waals surface area contributed by atoms with Gasteiger partial charge in [0.05, 0.1) is 11.7 Å². The molecule has 0 spiro atoms. The summed E-state index contributed by atoms with van der Waals surface area (Å²) in [6, 6.07) is 0. The van der Waals surface area contributed by atoms with E-state index in [2.05, 4.69) is 25.8 Å². The number of likely N-dealkylation sites (N-methyl/N-ethyl adjacent to an activating group) is 1. The van der Waals surface area contributed by atoms with E-state index in [1.54, 1.807) is 0 Å². The third-order valence-electron chi connectivity index (χ3n) is 5.16. The lowest BCUT2D eigenvalue weighted by molar-refractivity contribution is -0.129. The number of hydrogen-bond donors (Lipinski definition) is 1. The van der Waals surface area contributed by atoms with Crippen LogP contribution in [0.4, 0.5) is 0 Å². The Balaban J connectivity index is 2.03. The van der Waals surface area contributed by atoms with Crippen LogP contribution in [0.1, 0.15) is 46.0 Å². The van der Waals surface area contributed by atoms with Gasteiger partial charge < -0.3 is 15.2 Å². The van der Waals surface area contributed by atoms with Crippen LogP contribution in [0, 0.1) is 0 Å². The highest BCUT2D eigenvalue weighted by atomic mass is 16.5. The minimum absolute atomic E-state index is 0.0254. The maximum atomic E-state index is 6.15. The second kappa shape index (κ2) is 6.08. The second-order valence-corrected chi connectivity index (χ2v) is 6.52. The zero-order valence-corrected chi connectivity index (χ0v) is 12.8. The van der Waals surface area contributed by atoms with E-state index in [0.29, 0.717) is 12.6 Å². The lowest BCUT2D eigenvalue weighted by atomic mass is 9.78. The highest BCUT2D eigenvalue weighted by Crippen LogP contribution is 2.37. The van der Waals surface area contributed by atoms with Gasteiger partial charge in [-0.3, -0.25) is 4.90 Å². The molecule has 2 rings (SSSR count). The molecular formula is C15H30N2O2. The third-order valence-corrected chi connectivity index (χ3v) is 5.16. The van der Waals surface area contributed by atoms with Crippen molar-refractivity contribution in [1.29, 1.82) is 0 Å². The standard InChI is InChI=1S/C15H30N2O2/c1-4-14(2)11-15(12-16,7-9-19-14)17(3)10-13-6-5-8-18-13/h13H,4-12,16H2,1-3H3.